The van der Waals surface area contributed by atoms with E-state index in [4.69, 9.17) is 4.84 Å². The first-order valence-corrected chi connectivity index (χ1v) is 12.4. The highest BCUT2D eigenvalue weighted by atomic mass is 16.7. The highest BCUT2D eigenvalue weighted by Crippen LogP contribution is 2.44. The van der Waals surface area contributed by atoms with Crippen molar-refractivity contribution in [2.45, 2.75) is 64.5 Å². The van der Waals surface area contributed by atoms with Crippen molar-refractivity contribution in [2.75, 3.05) is 24.7 Å². The van der Waals surface area contributed by atoms with Crippen molar-refractivity contribution >= 4 is 34.3 Å². The maximum atomic E-state index is 12.2. The summed E-state index contributed by atoms with van der Waals surface area (Å²) in [5.74, 6) is 0. The van der Waals surface area contributed by atoms with Crippen molar-refractivity contribution in [1.82, 2.24) is 15.1 Å². The van der Waals surface area contributed by atoms with Gasteiger partial charge in [-0.3, -0.25) is 4.90 Å². The van der Waals surface area contributed by atoms with E-state index in [1.54, 1.807) is 6.07 Å². The number of nitrogens with zero attached hydrogens (tertiary/aromatic N) is 3. The van der Waals surface area contributed by atoms with Gasteiger partial charge in [-0.2, -0.15) is 15.1 Å². The molecule has 2 aliphatic heterocycles. The Balaban J connectivity index is 1.84. The molecule has 9 heteroatoms. The number of hydrogen-bond acceptors (Lipinski definition) is 4. The number of anilines is 1. The third-order valence-corrected chi connectivity index (χ3v) is 7.54. The van der Waals surface area contributed by atoms with Crippen LogP contribution in [0.5, 0.6) is 0 Å². The van der Waals surface area contributed by atoms with E-state index in [1.165, 1.54) is 11.0 Å². The van der Waals surface area contributed by atoms with Gasteiger partial charge in [0, 0.05) is 41.1 Å². The van der Waals surface area contributed by atoms with Crippen molar-refractivity contribution in [3.63, 3.8) is 0 Å². The zero-order valence-corrected chi connectivity index (χ0v) is 21.6. The van der Waals surface area contributed by atoms with Gasteiger partial charge in [-0.05, 0) is 52.3 Å². The lowest BCUT2D eigenvalue weighted by atomic mass is 9.82. The summed E-state index contributed by atoms with van der Waals surface area (Å²) in [7, 11) is 0. The van der Waals surface area contributed by atoms with Crippen LogP contribution in [0, 0.1) is 0 Å². The number of fused-ring (bicyclic) bond motifs is 3. The van der Waals surface area contributed by atoms with Crippen molar-refractivity contribution in [2.24, 2.45) is 0 Å². The first kappa shape index (κ1) is 25.9. The van der Waals surface area contributed by atoms with Gasteiger partial charge in [0.05, 0.1) is 5.69 Å². The fourth-order valence-electron chi connectivity index (χ4n) is 6.05. The molecule has 0 bridgehead atoms. The second-order valence-electron chi connectivity index (χ2n) is 11.0. The van der Waals surface area contributed by atoms with E-state index >= 15 is 0 Å². The molecule has 36 heavy (non-hydrogen) atoms. The van der Waals surface area contributed by atoms with Gasteiger partial charge in [-0.15, -0.1) is 6.58 Å². The van der Waals surface area contributed by atoms with Gasteiger partial charge in [-0.25, -0.2) is 14.4 Å². The van der Waals surface area contributed by atoms with Crippen LogP contribution in [0.4, 0.5) is 21.0 Å². The fraction of sp³-hybridized carbons (Fsp3) is 0.481. The number of quaternary nitrogens is 1. The lowest BCUT2D eigenvalue weighted by Crippen LogP contribution is -2.65. The molecule has 1 fully saturated rings. The Morgan fingerprint density at radius 3 is 2.39 bits per heavy atom. The Bertz CT molecular complexity index is 1180. The van der Waals surface area contributed by atoms with Gasteiger partial charge in [0.25, 0.3) is 0 Å². The lowest BCUT2D eigenvalue weighted by molar-refractivity contribution is -0.298. The van der Waals surface area contributed by atoms with Gasteiger partial charge in [0.2, 0.25) is 6.73 Å². The van der Waals surface area contributed by atoms with Gasteiger partial charge in [0.1, 0.15) is 6.54 Å². The molecule has 2 aromatic rings. The van der Waals surface area contributed by atoms with Crippen LogP contribution in [-0.4, -0.2) is 58.4 Å². The molecule has 0 radical (unpaired) electrons. The number of hydrogen-bond donors (Lipinski definition) is 3. The molecule has 4 rings (SSSR count). The normalized spacial score (nSPS) is 22.7. The molecule has 2 heterocycles. The maximum absolute atomic E-state index is 12.2. The van der Waals surface area contributed by atoms with E-state index in [2.05, 4.69) is 39.7 Å². The summed E-state index contributed by atoms with van der Waals surface area (Å²) in [6, 6.07) is 9.45. The quantitative estimate of drug-likeness (QED) is 0.345. The Morgan fingerprint density at radius 1 is 1.17 bits per heavy atom. The van der Waals surface area contributed by atoms with E-state index in [9.17, 15) is 19.8 Å². The standard InChI is InChI=1S/C27H36N4O5/c1-6-15-29(25(34)35)22-17-23-21(19-10-7-8-11-20(19)22)12-16-31(23,28-24(32)33)18-36-30-26(2,3)13-9-14-27(30,4)5/h6-8,10-11,17,28H,1,9,12-16,18H2,2-5H3,(H-,32,33,34,35)/p+1. The minimum absolute atomic E-state index is 0.0540. The van der Waals surface area contributed by atoms with Crippen LogP contribution in [0.3, 0.4) is 0 Å². The predicted molar refractivity (Wildman–Crippen MR) is 141 cm³/mol. The minimum atomic E-state index is -1.17. The van der Waals surface area contributed by atoms with Crippen molar-refractivity contribution in [1.29, 1.82) is 0 Å². The Hall–Kier alpha value is -3.14. The Labute approximate surface area is 212 Å². The van der Waals surface area contributed by atoms with Crippen LogP contribution >= 0.6 is 0 Å². The van der Waals surface area contributed by atoms with E-state index in [-0.39, 0.29) is 28.9 Å². The smallest absolute Gasteiger partial charge is 0.449 e. The number of rotatable bonds is 7. The second-order valence-corrected chi connectivity index (χ2v) is 11.0. The molecule has 194 valence electrons. The molecule has 2 aliphatic rings. The summed E-state index contributed by atoms with van der Waals surface area (Å²) in [6.45, 7) is 12.9. The zero-order valence-electron chi connectivity index (χ0n) is 21.6. The topological polar surface area (TPSA) is 102 Å². The summed E-state index contributed by atoms with van der Waals surface area (Å²) < 4.78 is -0.146. The molecule has 2 aromatic carbocycles. The largest absolute Gasteiger partial charge is 0.465 e. The first-order chi connectivity index (χ1) is 16.9. The molecular weight excluding hydrogens is 460 g/mol. The monoisotopic (exact) mass is 497 g/mol. The molecule has 1 atom stereocenters. The number of carboxylic acid groups (broad SMARTS) is 2. The van der Waals surface area contributed by atoms with Crippen LogP contribution in [-0.2, 0) is 11.3 Å². The molecule has 1 saturated heterocycles. The average Bonchev–Trinajstić information content (AvgIpc) is 3.13. The summed E-state index contributed by atoms with van der Waals surface area (Å²) >= 11 is 0. The SMILES string of the molecule is C=CCN(C(=O)O)c1cc2c(c3ccccc13)CC[N+]2(CON1C(C)(C)CCCC1(C)C)NC(=O)O. The molecular formula is C27H37N4O5+. The third kappa shape index (κ3) is 4.54. The van der Waals surface area contributed by atoms with E-state index in [0.717, 1.165) is 35.6 Å². The Morgan fingerprint density at radius 2 is 1.81 bits per heavy atom. The molecule has 0 spiro atoms. The molecule has 9 nitrogen and oxygen atoms in total. The van der Waals surface area contributed by atoms with Crippen molar-refractivity contribution < 1.29 is 24.6 Å². The van der Waals surface area contributed by atoms with E-state index in [0.29, 0.717) is 24.3 Å². The van der Waals surface area contributed by atoms with Crippen LogP contribution in [0.1, 0.15) is 52.5 Å². The van der Waals surface area contributed by atoms with E-state index < -0.39 is 12.2 Å². The van der Waals surface area contributed by atoms with Gasteiger partial charge >= 0.3 is 12.2 Å². The molecule has 0 aromatic heterocycles. The molecule has 1 unspecified atom stereocenters. The van der Waals surface area contributed by atoms with Gasteiger partial charge < -0.3 is 10.2 Å². The fourth-order valence-corrected chi connectivity index (χ4v) is 6.05. The molecule has 0 saturated carbocycles. The van der Waals surface area contributed by atoms with Crippen molar-refractivity contribution in [3.8, 4) is 0 Å². The number of nitrogens with one attached hydrogen (secondary N) is 1. The summed E-state index contributed by atoms with van der Waals surface area (Å²) in [6.07, 6.45) is 2.94. The van der Waals surface area contributed by atoms with Crippen LogP contribution in [0.2, 0.25) is 0 Å². The van der Waals surface area contributed by atoms with Crippen molar-refractivity contribution in [3.05, 3.63) is 48.6 Å². The summed E-state index contributed by atoms with van der Waals surface area (Å²) in [5, 5.41) is 23.6. The molecule has 3 N–H and O–H groups in total. The molecule has 2 amide bonds. The molecule has 0 aliphatic carbocycles. The lowest BCUT2D eigenvalue weighted by Gasteiger charge is -2.51. The van der Waals surface area contributed by atoms with Gasteiger partial charge in [0.15, 0.2) is 5.69 Å². The Kier molecular flexibility index (Phi) is 6.76. The second kappa shape index (κ2) is 9.38. The number of carbonyl (C=O) groups is 2. The number of amides is 2. The van der Waals surface area contributed by atoms with Crippen LogP contribution in [0.15, 0.2) is 43.0 Å². The summed E-state index contributed by atoms with van der Waals surface area (Å²) in [5.41, 5.74) is 4.48. The first-order valence-electron chi connectivity index (χ1n) is 12.4. The average molecular weight is 498 g/mol. The highest BCUT2D eigenvalue weighted by molar-refractivity contribution is 6.05. The summed E-state index contributed by atoms with van der Waals surface area (Å²) in [4.78, 5) is 32.0. The van der Waals surface area contributed by atoms with Gasteiger partial charge in [-0.1, -0.05) is 30.3 Å². The third-order valence-electron chi connectivity index (χ3n) is 7.54. The van der Waals surface area contributed by atoms with E-state index in [1.807, 2.05) is 29.3 Å². The number of piperidine rings is 1. The minimum Gasteiger partial charge on any atom is -0.465 e. The maximum Gasteiger partial charge on any atom is 0.449 e. The zero-order chi connectivity index (χ0) is 26.3. The predicted octanol–water partition coefficient (Wildman–Crippen LogP) is 5.49. The number of benzene rings is 2. The number of hydroxylamine groups is 2. The van der Waals surface area contributed by atoms with Crippen LogP contribution < -0.4 is 14.9 Å². The van der Waals surface area contributed by atoms with Crippen LogP contribution in [0.25, 0.3) is 10.8 Å². The highest BCUT2D eigenvalue weighted by Gasteiger charge is 2.48.